The van der Waals surface area contributed by atoms with Crippen molar-refractivity contribution in [2.24, 2.45) is 5.84 Å². The van der Waals surface area contributed by atoms with Crippen LogP contribution < -0.4 is 16.6 Å². The number of carbonyl (C=O) groups is 1. The van der Waals surface area contributed by atoms with Crippen LogP contribution in [0.4, 0.5) is 10.1 Å². The second kappa shape index (κ2) is 6.56. The standard InChI is InChI=1S/C15H15ClFN3O/c1-9(10-5-2-3-7-12(10)16)19-15(21)11-6-4-8-13(17)14(11)20-18/h2-9,20H,18H2,1H3,(H,19,21). The zero-order chi connectivity index (χ0) is 15.4. The molecule has 4 nitrogen and oxygen atoms in total. The Morgan fingerprint density at radius 1 is 1.24 bits per heavy atom. The lowest BCUT2D eigenvalue weighted by Crippen LogP contribution is -2.28. The van der Waals surface area contributed by atoms with E-state index >= 15 is 0 Å². The molecule has 1 atom stereocenters. The van der Waals surface area contributed by atoms with E-state index in [4.69, 9.17) is 17.4 Å². The van der Waals surface area contributed by atoms with Gasteiger partial charge in [-0.05, 0) is 30.7 Å². The van der Waals surface area contributed by atoms with Crippen molar-refractivity contribution >= 4 is 23.2 Å². The Kier molecular flexibility index (Phi) is 4.77. The molecule has 0 aliphatic heterocycles. The Morgan fingerprint density at radius 3 is 2.62 bits per heavy atom. The van der Waals surface area contributed by atoms with Gasteiger partial charge in [0.2, 0.25) is 0 Å². The number of rotatable bonds is 4. The largest absolute Gasteiger partial charge is 0.345 e. The molecule has 110 valence electrons. The number of nitrogens with two attached hydrogens (primary N) is 1. The maximum Gasteiger partial charge on any atom is 0.254 e. The highest BCUT2D eigenvalue weighted by Gasteiger charge is 2.17. The number of halogens is 2. The van der Waals surface area contributed by atoms with Gasteiger partial charge in [0.1, 0.15) is 5.82 Å². The third kappa shape index (κ3) is 3.32. The number of carbonyl (C=O) groups excluding carboxylic acids is 1. The number of hydrogen-bond donors (Lipinski definition) is 3. The van der Waals surface area contributed by atoms with Gasteiger partial charge >= 0.3 is 0 Å². The SMILES string of the molecule is CC(NC(=O)c1cccc(F)c1NN)c1ccccc1Cl. The first kappa shape index (κ1) is 15.3. The van der Waals surface area contributed by atoms with Crippen molar-refractivity contribution in [3.63, 3.8) is 0 Å². The molecule has 0 radical (unpaired) electrons. The lowest BCUT2D eigenvalue weighted by atomic mass is 10.1. The van der Waals surface area contributed by atoms with Crippen LogP contribution in [0.2, 0.25) is 5.02 Å². The molecule has 2 aromatic rings. The monoisotopic (exact) mass is 307 g/mol. The number of para-hydroxylation sites is 1. The molecule has 0 heterocycles. The molecule has 0 saturated carbocycles. The molecular formula is C15H15ClFN3O. The van der Waals surface area contributed by atoms with Crippen LogP contribution in [0.1, 0.15) is 28.9 Å². The molecule has 1 amide bonds. The van der Waals surface area contributed by atoms with Crippen LogP contribution in [0, 0.1) is 5.82 Å². The zero-order valence-corrected chi connectivity index (χ0v) is 12.1. The summed E-state index contributed by atoms with van der Waals surface area (Å²) >= 11 is 6.09. The summed E-state index contributed by atoms with van der Waals surface area (Å²) in [5, 5.41) is 3.33. The lowest BCUT2D eigenvalue weighted by molar-refractivity contribution is 0.0940. The summed E-state index contributed by atoms with van der Waals surface area (Å²) in [7, 11) is 0. The summed E-state index contributed by atoms with van der Waals surface area (Å²) in [6, 6.07) is 11.1. The van der Waals surface area contributed by atoms with Crippen molar-refractivity contribution in [3.05, 3.63) is 64.4 Å². The summed E-state index contributed by atoms with van der Waals surface area (Å²) < 4.78 is 13.6. The minimum atomic E-state index is -0.587. The third-order valence-electron chi connectivity index (χ3n) is 3.12. The van der Waals surface area contributed by atoms with Gasteiger partial charge in [-0.15, -0.1) is 0 Å². The van der Waals surface area contributed by atoms with Gasteiger partial charge in [-0.1, -0.05) is 35.9 Å². The number of hydrogen-bond acceptors (Lipinski definition) is 3. The predicted octanol–water partition coefficient (Wildman–Crippen LogP) is 3.26. The summed E-state index contributed by atoms with van der Waals surface area (Å²) in [6.07, 6.45) is 0. The summed E-state index contributed by atoms with van der Waals surface area (Å²) in [6.45, 7) is 1.80. The van der Waals surface area contributed by atoms with Gasteiger partial charge in [-0.3, -0.25) is 10.6 Å². The summed E-state index contributed by atoms with van der Waals surface area (Å²) in [5.41, 5.74) is 3.09. The lowest BCUT2D eigenvalue weighted by Gasteiger charge is -2.17. The first-order valence-electron chi connectivity index (χ1n) is 6.35. The fourth-order valence-corrected chi connectivity index (χ4v) is 2.34. The maximum absolute atomic E-state index is 13.6. The van der Waals surface area contributed by atoms with Crippen LogP contribution >= 0.6 is 11.6 Å². The molecule has 1 unspecified atom stereocenters. The van der Waals surface area contributed by atoms with E-state index in [9.17, 15) is 9.18 Å². The Labute approximate surface area is 127 Å². The highest BCUT2D eigenvalue weighted by atomic mass is 35.5. The third-order valence-corrected chi connectivity index (χ3v) is 3.47. The molecule has 0 aliphatic rings. The summed E-state index contributed by atoms with van der Waals surface area (Å²) in [4.78, 5) is 12.3. The van der Waals surface area contributed by atoms with Crippen molar-refractivity contribution in [1.29, 1.82) is 0 Å². The Hall–Kier alpha value is -2.11. The van der Waals surface area contributed by atoms with Gasteiger partial charge in [0.05, 0.1) is 17.3 Å². The number of benzene rings is 2. The van der Waals surface area contributed by atoms with E-state index in [1.54, 1.807) is 13.0 Å². The molecule has 0 bridgehead atoms. The van der Waals surface area contributed by atoms with E-state index in [0.717, 1.165) is 5.56 Å². The van der Waals surface area contributed by atoms with Crippen molar-refractivity contribution in [2.75, 3.05) is 5.43 Å². The summed E-state index contributed by atoms with van der Waals surface area (Å²) in [5.74, 6) is 4.24. The normalized spacial score (nSPS) is 11.8. The van der Waals surface area contributed by atoms with Crippen molar-refractivity contribution in [1.82, 2.24) is 5.32 Å². The van der Waals surface area contributed by atoms with Crippen LogP contribution in [0.3, 0.4) is 0 Å². The van der Waals surface area contributed by atoms with Gasteiger partial charge in [0.15, 0.2) is 0 Å². The highest BCUT2D eigenvalue weighted by Crippen LogP contribution is 2.24. The zero-order valence-electron chi connectivity index (χ0n) is 11.4. The number of amides is 1. The number of anilines is 1. The smallest absolute Gasteiger partial charge is 0.254 e. The van der Waals surface area contributed by atoms with Crippen molar-refractivity contribution in [3.8, 4) is 0 Å². The second-order valence-electron chi connectivity index (χ2n) is 4.52. The fraction of sp³-hybridized carbons (Fsp3) is 0.133. The Morgan fingerprint density at radius 2 is 1.95 bits per heavy atom. The molecule has 0 saturated heterocycles. The van der Waals surface area contributed by atoms with Crippen LogP contribution in [0.15, 0.2) is 42.5 Å². The van der Waals surface area contributed by atoms with Crippen LogP contribution in [0.25, 0.3) is 0 Å². The molecule has 21 heavy (non-hydrogen) atoms. The first-order chi connectivity index (χ1) is 10.0. The molecule has 4 N–H and O–H groups in total. The van der Waals surface area contributed by atoms with Gasteiger partial charge in [-0.2, -0.15) is 0 Å². The van der Waals surface area contributed by atoms with E-state index in [1.807, 2.05) is 18.2 Å². The van der Waals surface area contributed by atoms with E-state index < -0.39 is 11.7 Å². The number of nitrogens with one attached hydrogen (secondary N) is 2. The molecule has 0 aromatic heterocycles. The van der Waals surface area contributed by atoms with Gasteiger partial charge in [-0.25, -0.2) is 4.39 Å². The second-order valence-corrected chi connectivity index (χ2v) is 4.93. The van der Waals surface area contributed by atoms with E-state index in [-0.39, 0.29) is 17.3 Å². The highest BCUT2D eigenvalue weighted by molar-refractivity contribution is 6.31. The number of hydrazine groups is 1. The molecule has 6 heteroatoms. The number of nitrogen functional groups attached to an aromatic ring is 1. The first-order valence-corrected chi connectivity index (χ1v) is 6.72. The van der Waals surface area contributed by atoms with E-state index in [0.29, 0.717) is 5.02 Å². The molecule has 2 aromatic carbocycles. The minimum Gasteiger partial charge on any atom is -0.345 e. The Bertz CT molecular complexity index is 663. The van der Waals surface area contributed by atoms with Crippen molar-refractivity contribution in [2.45, 2.75) is 13.0 Å². The van der Waals surface area contributed by atoms with Crippen LogP contribution in [-0.4, -0.2) is 5.91 Å². The molecule has 2 rings (SSSR count). The van der Waals surface area contributed by atoms with E-state index in [2.05, 4.69) is 10.7 Å². The quantitative estimate of drug-likeness (QED) is 0.600. The maximum atomic E-state index is 13.6. The molecule has 0 fully saturated rings. The van der Waals surface area contributed by atoms with Crippen molar-refractivity contribution < 1.29 is 9.18 Å². The van der Waals surface area contributed by atoms with Gasteiger partial charge in [0, 0.05) is 5.02 Å². The fourth-order valence-electron chi connectivity index (χ4n) is 2.04. The average molecular weight is 308 g/mol. The Balaban J connectivity index is 2.23. The minimum absolute atomic E-state index is 0.0404. The molecule has 0 spiro atoms. The van der Waals surface area contributed by atoms with E-state index in [1.165, 1.54) is 18.2 Å². The average Bonchev–Trinajstić information content (AvgIpc) is 2.47. The molecule has 0 aliphatic carbocycles. The van der Waals surface area contributed by atoms with Crippen LogP contribution in [0.5, 0.6) is 0 Å². The molecular weight excluding hydrogens is 293 g/mol. The van der Waals surface area contributed by atoms with Gasteiger partial charge < -0.3 is 10.7 Å². The van der Waals surface area contributed by atoms with Gasteiger partial charge in [0.25, 0.3) is 5.91 Å². The topological polar surface area (TPSA) is 67.2 Å². The predicted molar refractivity (Wildman–Crippen MR) is 81.5 cm³/mol. The van der Waals surface area contributed by atoms with Crippen LogP contribution in [-0.2, 0) is 0 Å².